The molecule has 0 radical (unpaired) electrons. The molecular formula is C11H10ClNO3S. The molecule has 90 valence electrons. The molecule has 0 aliphatic carbocycles. The van der Waals surface area contributed by atoms with Gasteiger partial charge < -0.3 is 5.11 Å². The van der Waals surface area contributed by atoms with E-state index in [1.807, 2.05) is 0 Å². The van der Waals surface area contributed by atoms with E-state index in [4.69, 9.17) is 16.7 Å². The van der Waals surface area contributed by atoms with Gasteiger partial charge in [0.2, 0.25) is 5.91 Å². The van der Waals surface area contributed by atoms with Gasteiger partial charge in [0.25, 0.3) is 0 Å². The van der Waals surface area contributed by atoms with Gasteiger partial charge in [-0.2, -0.15) is 0 Å². The van der Waals surface area contributed by atoms with E-state index in [1.165, 1.54) is 16.7 Å². The number of fused-ring (bicyclic) bond motifs is 1. The number of hydrogen-bond acceptors (Lipinski definition) is 3. The maximum atomic E-state index is 11.9. The number of carboxylic acids is 1. The number of hydrogen-bond donors (Lipinski definition) is 1. The Morgan fingerprint density at radius 3 is 2.94 bits per heavy atom. The highest BCUT2D eigenvalue weighted by Gasteiger charge is 2.31. The third-order valence-corrected chi connectivity index (χ3v) is 3.81. The van der Waals surface area contributed by atoms with Gasteiger partial charge in [-0.3, -0.25) is 14.5 Å². The number of carboxylic acid groups (broad SMARTS) is 1. The van der Waals surface area contributed by atoms with Gasteiger partial charge in [0.1, 0.15) is 6.54 Å². The molecule has 1 unspecified atom stereocenters. The second-order valence-corrected chi connectivity index (χ2v) is 5.51. The van der Waals surface area contributed by atoms with Crippen molar-refractivity contribution in [2.75, 3.05) is 11.4 Å². The van der Waals surface area contributed by atoms with Crippen LogP contribution in [-0.2, 0) is 9.59 Å². The molecule has 0 saturated carbocycles. The largest absolute Gasteiger partial charge is 0.480 e. The van der Waals surface area contributed by atoms with Crippen molar-refractivity contribution < 1.29 is 14.7 Å². The highest BCUT2D eigenvalue weighted by molar-refractivity contribution is 8.01. The average Bonchev–Trinajstić information content (AvgIpc) is 2.25. The van der Waals surface area contributed by atoms with Crippen LogP contribution in [0.5, 0.6) is 0 Å². The number of carbonyl (C=O) groups is 2. The third kappa shape index (κ3) is 2.40. The number of thioether (sulfide) groups is 1. The lowest BCUT2D eigenvalue weighted by molar-refractivity contribution is -0.136. The van der Waals surface area contributed by atoms with Gasteiger partial charge in [0.05, 0.1) is 10.9 Å². The Morgan fingerprint density at radius 2 is 2.29 bits per heavy atom. The van der Waals surface area contributed by atoms with E-state index >= 15 is 0 Å². The first-order valence-electron chi connectivity index (χ1n) is 4.98. The van der Waals surface area contributed by atoms with Crippen molar-refractivity contribution >= 4 is 40.9 Å². The first-order valence-corrected chi connectivity index (χ1v) is 6.24. The molecule has 0 bridgehead atoms. The van der Waals surface area contributed by atoms with Gasteiger partial charge in [-0.15, -0.1) is 11.8 Å². The lowest BCUT2D eigenvalue weighted by atomic mass is 10.2. The molecule has 0 aromatic heterocycles. The third-order valence-electron chi connectivity index (χ3n) is 2.42. The highest BCUT2D eigenvalue weighted by atomic mass is 35.5. The number of aliphatic carboxylic acids is 1. The maximum Gasteiger partial charge on any atom is 0.323 e. The summed E-state index contributed by atoms with van der Waals surface area (Å²) in [6.45, 7) is 1.43. The molecule has 1 N–H and O–H groups in total. The monoisotopic (exact) mass is 271 g/mol. The van der Waals surface area contributed by atoms with Gasteiger partial charge in [-0.1, -0.05) is 11.6 Å². The highest BCUT2D eigenvalue weighted by Crippen LogP contribution is 2.40. The van der Waals surface area contributed by atoms with Crippen LogP contribution in [0.15, 0.2) is 23.1 Å². The molecule has 0 fully saturated rings. The van der Waals surface area contributed by atoms with Crippen LogP contribution < -0.4 is 4.90 Å². The Kier molecular flexibility index (Phi) is 3.31. The number of amides is 1. The van der Waals surface area contributed by atoms with E-state index < -0.39 is 5.97 Å². The van der Waals surface area contributed by atoms with Crippen LogP contribution in [0.25, 0.3) is 0 Å². The van der Waals surface area contributed by atoms with Crippen LogP contribution >= 0.6 is 23.4 Å². The normalized spacial score (nSPS) is 19.1. The van der Waals surface area contributed by atoms with Crippen molar-refractivity contribution in [2.45, 2.75) is 17.1 Å². The molecule has 1 aromatic rings. The Balaban J connectivity index is 2.46. The van der Waals surface area contributed by atoms with Crippen LogP contribution in [0.1, 0.15) is 6.92 Å². The minimum atomic E-state index is -1.04. The van der Waals surface area contributed by atoms with E-state index in [1.54, 1.807) is 25.1 Å². The van der Waals surface area contributed by atoms with Crippen molar-refractivity contribution in [3.63, 3.8) is 0 Å². The van der Waals surface area contributed by atoms with Crippen molar-refractivity contribution in [3.8, 4) is 0 Å². The van der Waals surface area contributed by atoms with Gasteiger partial charge in [-0.05, 0) is 25.1 Å². The van der Waals surface area contributed by atoms with Crippen molar-refractivity contribution in [1.82, 2.24) is 0 Å². The standard InChI is InChI=1S/C11H10ClNO3S/c1-6-11(16)13(5-10(14)15)8-4-7(12)2-3-9(8)17-6/h2-4,6H,5H2,1H3,(H,14,15). The molecule has 1 aliphatic rings. The molecule has 1 heterocycles. The summed E-state index contributed by atoms with van der Waals surface area (Å²) in [6.07, 6.45) is 0. The predicted octanol–water partition coefficient (Wildman–Crippen LogP) is 2.25. The zero-order chi connectivity index (χ0) is 12.6. The van der Waals surface area contributed by atoms with E-state index in [-0.39, 0.29) is 17.7 Å². The first kappa shape index (κ1) is 12.3. The van der Waals surface area contributed by atoms with E-state index in [9.17, 15) is 9.59 Å². The molecule has 1 aliphatic heterocycles. The second kappa shape index (κ2) is 4.58. The number of anilines is 1. The Labute approximate surface area is 108 Å². The number of carbonyl (C=O) groups excluding carboxylic acids is 1. The molecule has 2 rings (SSSR count). The molecule has 0 saturated heterocycles. The molecule has 17 heavy (non-hydrogen) atoms. The molecule has 6 heteroatoms. The summed E-state index contributed by atoms with van der Waals surface area (Å²) >= 11 is 7.28. The molecule has 1 atom stereocenters. The number of nitrogens with zero attached hydrogens (tertiary/aromatic N) is 1. The predicted molar refractivity (Wildman–Crippen MR) is 66.8 cm³/mol. The van der Waals surface area contributed by atoms with Gasteiger partial charge in [0.15, 0.2) is 0 Å². The Hall–Kier alpha value is -1.20. The van der Waals surface area contributed by atoms with Crippen molar-refractivity contribution in [3.05, 3.63) is 23.2 Å². The van der Waals surface area contributed by atoms with Gasteiger partial charge >= 0.3 is 5.97 Å². The molecule has 0 spiro atoms. The zero-order valence-corrected chi connectivity index (χ0v) is 10.6. The fourth-order valence-corrected chi connectivity index (χ4v) is 2.89. The van der Waals surface area contributed by atoms with E-state index in [0.717, 1.165) is 4.90 Å². The minimum Gasteiger partial charge on any atom is -0.480 e. The fraction of sp³-hybridized carbons (Fsp3) is 0.273. The zero-order valence-electron chi connectivity index (χ0n) is 9.01. The molecule has 1 aromatic carbocycles. The minimum absolute atomic E-state index is 0.202. The van der Waals surface area contributed by atoms with E-state index in [0.29, 0.717) is 10.7 Å². The lowest BCUT2D eigenvalue weighted by Crippen LogP contribution is -2.42. The Morgan fingerprint density at radius 1 is 1.59 bits per heavy atom. The summed E-state index contributed by atoms with van der Waals surface area (Å²) in [5, 5.41) is 9.04. The van der Waals surface area contributed by atoms with Crippen LogP contribution in [0, 0.1) is 0 Å². The number of halogens is 1. The van der Waals surface area contributed by atoms with Crippen LogP contribution in [0.2, 0.25) is 5.02 Å². The molecule has 1 amide bonds. The summed E-state index contributed by atoms with van der Waals surface area (Å²) in [6, 6.07) is 5.16. The van der Waals surface area contributed by atoms with Crippen molar-refractivity contribution in [1.29, 1.82) is 0 Å². The summed E-state index contributed by atoms with van der Waals surface area (Å²) in [4.78, 5) is 24.9. The number of benzene rings is 1. The second-order valence-electron chi connectivity index (χ2n) is 3.69. The van der Waals surface area contributed by atoms with Gasteiger partial charge in [-0.25, -0.2) is 0 Å². The summed E-state index contributed by atoms with van der Waals surface area (Å²) in [7, 11) is 0. The fourth-order valence-electron chi connectivity index (χ4n) is 1.68. The topological polar surface area (TPSA) is 57.6 Å². The van der Waals surface area contributed by atoms with E-state index in [2.05, 4.69) is 0 Å². The SMILES string of the molecule is CC1Sc2ccc(Cl)cc2N(CC(=O)O)C1=O. The van der Waals surface area contributed by atoms with Crippen molar-refractivity contribution in [2.24, 2.45) is 0 Å². The molecule has 4 nitrogen and oxygen atoms in total. The molecular weight excluding hydrogens is 262 g/mol. The summed E-state index contributed by atoms with van der Waals surface area (Å²) in [5.74, 6) is -1.24. The van der Waals surface area contributed by atoms with Crippen LogP contribution in [0.3, 0.4) is 0 Å². The number of rotatable bonds is 2. The first-order chi connectivity index (χ1) is 7.99. The van der Waals surface area contributed by atoms with Gasteiger partial charge in [0, 0.05) is 9.92 Å². The Bertz CT molecular complexity index is 492. The maximum absolute atomic E-state index is 11.9. The summed E-state index contributed by atoms with van der Waals surface area (Å²) in [5.41, 5.74) is 0.577. The average molecular weight is 272 g/mol. The van der Waals surface area contributed by atoms with Crippen LogP contribution in [0.4, 0.5) is 5.69 Å². The quantitative estimate of drug-likeness (QED) is 0.896. The van der Waals surface area contributed by atoms with Crippen LogP contribution in [-0.4, -0.2) is 28.8 Å². The smallest absolute Gasteiger partial charge is 0.323 e. The summed E-state index contributed by atoms with van der Waals surface area (Å²) < 4.78 is 0. The lowest BCUT2D eigenvalue weighted by Gasteiger charge is -2.31.